The van der Waals surface area contributed by atoms with Crippen LogP contribution in [-0.2, 0) is 20.6 Å². The number of benzene rings is 3. The molecular formula is C23H18O5S2. The molecule has 152 valence electrons. The van der Waals surface area contributed by atoms with Gasteiger partial charge in [-0.15, -0.1) is 0 Å². The largest absolute Gasteiger partial charge is 0.455 e. The van der Waals surface area contributed by atoms with Gasteiger partial charge in [0.05, 0.1) is 15.8 Å². The maximum atomic E-state index is 13.4. The highest BCUT2D eigenvalue weighted by Crippen LogP contribution is 2.33. The first-order chi connectivity index (χ1) is 14.3. The molecule has 1 aromatic heterocycles. The molecule has 4 aromatic rings. The monoisotopic (exact) mass is 438 g/mol. The van der Waals surface area contributed by atoms with Crippen LogP contribution in [0.1, 0.15) is 0 Å². The quantitative estimate of drug-likeness (QED) is 0.475. The highest BCUT2D eigenvalue weighted by atomic mass is 32.2. The average molecular weight is 439 g/mol. The molecule has 0 saturated carbocycles. The fourth-order valence-corrected chi connectivity index (χ4v) is 4.48. The molecule has 0 amide bonds. The van der Waals surface area contributed by atoms with Gasteiger partial charge in [0.15, 0.2) is 9.84 Å². The molecule has 0 spiro atoms. The Morgan fingerprint density at radius 2 is 1.57 bits per heavy atom. The third-order valence-corrected chi connectivity index (χ3v) is 6.84. The first-order valence-electron chi connectivity index (χ1n) is 9.06. The number of fused-ring (bicyclic) bond motifs is 1. The van der Waals surface area contributed by atoms with Crippen LogP contribution in [0.3, 0.4) is 0 Å². The van der Waals surface area contributed by atoms with Crippen molar-refractivity contribution in [2.24, 2.45) is 0 Å². The van der Waals surface area contributed by atoms with Gasteiger partial charge >= 0.3 is 0 Å². The van der Waals surface area contributed by atoms with Crippen molar-refractivity contribution in [3.8, 4) is 22.5 Å². The average Bonchev–Trinajstić information content (AvgIpc) is 2.73. The summed E-state index contributed by atoms with van der Waals surface area (Å²) in [6, 6.07) is 20.1. The lowest BCUT2D eigenvalue weighted by atomic mass is 9.98. The SMILES string of the molecule is CS(=O)c1cccc(-c2c(-c3ccc(S(C)(=O)=O)cc3)oc3ccccc3c2=O)c1. The van der Waals surface area contributed by atoms with Crippen molar-refractivity contribution in [2.45, 2.75) is 9.79 Å². The van der Waals surface area contributed by atoms with Gasteiger partial charge in [-0.1, -0.05) is 24.3 Å². The minimum absolute atomic E-state index is 0.180. The van der Waals surface area contributed by atoms with E-state index < -0.39 is 20.6 Å². The highest BCUT2D eigenvalue weighted by Gasteiger charge is 2.19. The summed E-state index contributed by atoms with van der Waals surface area (Å²) in [5.41, 5.74) is 1.72. The van der Waals surface area contributed by atoms with Gasteiger partial charge in [0.1, 0.15) is 11.3 Å². The first-order valence-corrected chi connectivity index (χ1v) is 12.5. The number of rotatable bonds is 4. The molecule has 0 bridgehead atoms. The molecule has 7 heteroatoms. The molecule has 0 aliphatic rings. The Labute approximate surface area is 176 Å². The standard InChI is InChI=1S/C23H18O5S2/c1-29(25)17-7-5-6-16(14-17)21-22(24)19-8-3-4-9-20(19)28-23(21)15-10-12-18(13-11-15)30(2,26)27/h3-14H,1-2H3. The van der Waals surface area contributed by atoms with Crippen LogP contribution in [0.5, 0.6) is 0 Å². The molecule has 1 unspecified atom stereocenters. The molecule has 0 aliphatic carbocycles. The molecule has 0 radical (unpaired) electrons. The molecule has 0 N–H and O–H groups in total. The molecule has 3 aromatic carbocycles. The summed E-state index contributed by atoms with van der Waals surface area (Å²) in [6.07, 6.45) is 2.72. The second-order valence-corrected chi connectivity index (χ2v) is 10.3. The van der Waals surface area contributed by atoms with E-state index in [4.69, 9.17) is 4.42 Å². The van der Waals surface area contributed by atoms with E-state index in [0.717, 1.165) is 6.26 Å². The second kappa shape index (κ2) is 7.66. The van der Waals surface area contributed by atoms with Crippen LogP contribution in [0, 0.1) is 0 Å². The molecule has 1 heterocycles. The highest BCUT2D eigenvalue weighted by molar-refractivity contribution is 7.90. The summed E-state index contributed by atoms with van der Waals surface area (Å²) in [4.78, 5) is 14.2. The van der Waals surface area contributed by atoms with Gasteiger partial charge in [-0.2, -0.15) is 0 Å². The van der Waals surface area contributed by atoms with E-state index >= 15 is 0 Å². The number of hydrogen-bond acceptors (Lipinski definition) is 5. The van der Waals surface area contributed by atoms with Gasteiger partial charge in [0.2, 0.25) is 5.43 Å². The smallest absolute Gasteiger partial charge is 0.201 e. The van der Waals surface area contributed by atoms with E-state index in [1.54, 1.807) is 66.9 Å². The van der Waals surface area contributed by atoms with Gasteiger partial charge in [0.25, 0.3) is 0 Å². The summed E-state index contributed by atoms with van der Waals surface area (Å²) in [5, 5.41) is 0.437. The molecule has 0 aliphatic heterocycles. The van der Waals surface area contributed by atoms with Crippen molar-refractivity contribution in [1.29, 1.82) is 0 Å². The Morgan fingerprint density at radius 3 is 2.23 bits per heavy atom. The number of sulfone groups is 1. The number of para-hydroxylation sites is 1. The Morgan fingerprint density at radius 1 is 0.867 bits per heavy atom. The fourth-order valence-electron chi connectivity index (χ4n) is 3.29. The zero-order valence-corrected chi connectivity index (χ0v) is 17.9. The van der Waals surface area contributed by atoms with Gasteiger partial charge < -0.3 is 4.42 Å². The Balaban J connectivity index is 2.04. The van der Waals surface area contributed by atoms with Crippen LogP contribution >= 0.6 is 0 Å². The molecule has 30 heavy (non-hydrogen) atoms. The van der Waals surface area contributed by atoms with Crippen LogP contribution in [0.2, 0.25) is 0 Å². The Hall–Kier alpha value is -3.03. The van der Waals surface area contributed by atoms with Crippen molar-refractivity contribution >= 4 is 31.6 Å². The van der Waals surface area contributed by atoms with E-state index in [1.165, 1.54) is 12.1 Å². The molecule has 4 rings (SSSR count). The molecule has 0 saturated heterocycles. The topological polar surface area (TPSA) is 81.4 Å². The van der Waals surface area contributed by atoms with Crippen LogP contribution in [0.4, 0.5) is 0 Å². The Kier molecular flexibility index (Phi) is 5.17. The first kappa shape index (κ1) is 20.3. The lowest BCUT2D eigenvalue weighted by Crippen LogP contribution is -2.08. The normalized spacial score (nSPS) is 12.7. The van der Waals surface area contributed by atoms with Crippen molar-refractivity contribution in [3.05, 3.63) is 83.0 Å². The van der Waals surface area contributed by atoms with E-state index in [0.29, 0.717) is 38.3 Å². The predicted octanol–water partition coefficient (Wildman–Crippen LogP) is 4.27. The number of hydrogen-bond donors (Lipinski definition) is 0. The van der Waals surface area contributed by atoms with Gasteiger partial charge in [-0.05, 0) is 54.1 Å². The molecular weight excluding hydrogens is 420 g/mol. The van der Waals surface area contributed by atoms with Crippen LogP contribution in [0.25, 0.3) is 33.4 Å². The maximum absolute atomic E-state index is 13.4. The van der Waals surface area contributed by atoms with Crippen LogP contribution in [0.15, 0.2) is 91.8 Å². The fraction of sp³-hybridized carbons (Fsp3) is 0.0870. The summed E-state index contributed by atoms with van der Waals surface area (Å²) >= 11 is 0. The van der Waals surface area contributed by atoms with Gasteiger partial charge in [-0.25, -0.2) is 8.42 Å². The van der Waals surface area contributed by atoms with Crippen molar-refractivity contribution < 1.29 is 17.0 Å². The third-order valence-electron chi connectivity index (χ3n) is 4.80. The summed E-state index contributed by atoms with van der Waals surface area (Å²) in [6.45, 7) is 0. The Bertz CT molecular complexity index is 1450. The van der Waals surface area contributed by atoms with Crippen LogP contribution in [-0.4, -0.2) is 25.1 Å². The van der Waals surface area contributed by atoms with E-state index in [1.807, 2.05) is 0 Å². The zero-order valence-electron chi connectivity index (χ0n) is 16.3. The minimum Gasteiger partial charge on any atom is -0.455 e. The minimum atomic E-state index is -3.35. The lowest BCUT2D eigenvalue weighted by Gasteiger charge is -2.12. The maximum Gasteiger partial charge on any atom is 0.201 e. The van der Waals surface area contributed by atoms with E-state index in [-0.39, 0.29) is 10.3 Å². The lowest BCUT2D eigenvalue weighted by molar-refractivity contribution is 0.601. The van der Waals surface area contributed by atoms with Crippen molar-refractivity contribution in [1.82, 2.24) is 0 Å². The summed E-state index contributed by atoms with van der Waals surface area (Å²) < 4.78 is 41.7. The summed E-state index contributed by atoms with van der Waals surface area (Å²) in [7, 11) is -4.56. The third kappa shape index (κ3) is 3.74. The van der Waals surface area contributed by atoms with Gasteiger partial charge in [0, 0.05) is 33.8 Å². The van der Waals surface area contributed by atoms with Crippen LogP contribution < -0.4 is 5.43 Å². The molecule has 1 atom stereocenters. The van der Waals surface area contributed by atoms with Crippen molar-refractivity contribution in [3.63, 3.8) is 0 Å². The molecule has 5 nitrogen and oxygen atoms in total. The molecule has 0 fully saturated rings. The van der Waals surface area contributed by atoms with Crippen molar-refractivity contribution in [2.75, 3.05) is 12.5 Å². The van der Waals surface area contributed by atoms with Gasteiger partial charge in [-0.3, -0.25) is 9.00 Å². The zero-order chi connectivity index (χ0) is 21.5. The van der Waals surface area contributed by atoms with E-state index in [2.05, 4.69) is 0 Å². The predicted molar refractivity (Wildman–Crippen MR) is 119 cm³/mol. The second-order valence-electron chi connectivity index (χ2n) is 6.91. The summed E-state index contributed by atoms with van der Waals surface area (Å²) in [5.74, 6) is 0.331. The van der Waals surface area contributed by atoms with E-state index in [9.17, 15) is 17.4 Å².